The van der Waals surface area contributed by atoms with Crippen LogP contribution in [0.5, 0.6) is 0 Å². The van der Waals surface area contributed by atoms with Crippen molar-refractivity contribution in [3.8, 4) is 11.4 Å². The van der Waals surface area contributed by atoms with Gasteiger partial charge in [0.15, 0.2) is 0 Å². The van der Waals surface area contributed by atoms with Crippen molar-refractivity contribution in [3.63, 3.8) is 0 Å². The Morgan fingerprint density at radius 2 is 1.34 bits per heavy atom. The van der Waals surface area contributed by atoms with Gasteiger partial charge in [0.1, 0.15) is 6.17 Å². The maximum Gasteiger partial charge on any atom is 0.145 e. The summed E-state index contributed by atoms with van der Waals surface area (Å²) in [6.07, 6.45) is 17.0. The Morgan fingerprint density at radius 3 is 2.18 bits per heavy atom. The van der Waals surface area contributed by atoms with Gasteiger partial charge in [-0.05, 0) is 102 Å². The number of allylic oxidation sites excluding steroid dienone is 4. The van der Waals surface area contributed by atoms with Gasteiger partial charge >= 0.3 is 0 Å². The maximum absolute atomic E-state index is 5.27. The molecule has 11 rings (SSSR count). The number of para-hydroxylation sites is 2. The molecule has 0 spiro atoms. The topological polar surface area (TPSA) is 46.3 Å². The van der Waals surface area contributed by atoms with Crippen LogP contribution in [0.4, 0.5) is 0 Å². The number of benzene rings is 6. The highest BCUT2D eigenvalue weighted by Crippen LogP contribution is 2.38. The Balaban J connectivity index is 0.992. The molecule has 5 heteroatoms. The van der Waals surface area contributed by atoms with Crippen molar-refractivity contribution in [1.82, 2.24) is 19.8 Å². The minimum absolute atomic E-state index is 0.138. The molecule has 2 aliphatic heterocycles. The van der Waals surface area contributed by atoms with Crippen molar-refractivity contribution in [2.45, 2.75) is 25.0 Å². The number of dihydropyridines is 1. The van der Waals surface area contributed by atoms with Crippen molar-refractivity contribution in [3.05, 3.63) is 216 Å². The van der Waals surface area contributed by atoms with Crippen molar-refractivity contribution < 1.29 is 0 Å². The Hall–Kier alpha value is -7.11. The number of hydrogen-bond donors (Lipinski definition) is 2. The zero-order valence-electron chi connectivity index (χ0n) is 30.8. The minimum atomic E-state index is -0.212. The molecule has 0 radical (unpaired) electrons. The molecule has 3 aliphatic rings. The summed E-state index contributed by atoms with van der Waals surface area (Å²) in [6.45, 7) is 0. The van der Waals surface area contributed by atoms with Gasteiger partial charge in [0.25, 0.3) is 0 Å². The lowest BCUT2D eigenvalue weighted by Gasteiger charge is -2.25. The summed E-state index contributed by atoms with van der Waals surface area (Å²) in [5.41, 5.74) is 15.3. The SMILES string of the molecule is C1=CNC(c2cccc(C3=CC(c4ccc(-n5c6ccccc6c6cc(-n7c8c(c9ccccc97)C=CCC8)ccc65)cc4)=NC(c4ccccc4)N3)c2)C=C1. The molecule has 4 heterocycles. The first-order valence-corrected chi connectivity index (χ1v) is 19.5. The van der Waals surface area contributed by atoms with Crippen LogP contribution in [0.3, 0.4) is 0 Å². The lowest BCUT2D eigenvalue weighted by atomic mass is 9.98. The third-order valence-corrected chi connectivity index (χ3v) is 11.5. The lowest BCUT2D eigenvalue weighted by Crippen LogP contribution is -2.25. The molecule has 8 aromatic rings. The Morgan fingerprint density at radius 1 is 0.589 bits per heavy atom. The summed E-state index contributed by atoms with van der Waals surface area (Å²) < 4.78 is 4.88. The van der Waals surface area contributed by atoms with E-state index in [1.165, 1.54) is 55.2 Å². The summed E-state index contributed by atoms with van der Waals surface area (Å²) in [6, 6.07) is 52.9. The molecule has 6 aromatic carbocycles. The van der Waals surface area contributed by atoms with Crippen molar-refractivity contribution in [2.24, 2.45) is 4.99 Å². The van der Waals surface area contributed by atoms with Crippen LogP contribution in [-0.4, -0.2) is 14.8 Å². The molecule has 0 saturated heterocycles. The predicted molar refractivity (Wildman–Crippen MR) is 232 cm³/mol. The van der Waals surface area contributed by atoms with E-state index in [0.717, 1.165) is 46.6 Å². The lowest BCUT2D eigenvalue weighted by molar-refractivity contribution is 0.663. The van der Waals surface area contributed by atoms with E-state index in [-0.39, 0.29) is 12.2 Å². The first kappa shape index (κ1) is 32.3. The highest BCUT2D eigenvalue weighted by atomic mass is 15.1. The molecule has 0 saturated carbocycles. The quantitative estimate of drug-likeness (QED) is 0.180. The Bertz CT molecular complexity index is 2970. The van der Waals surface area contributed by atoms with Gasteiger partial charge in [-0.1, -0.05) is 121 Å². The number of rotatable bonds is 6. The van der Waals surface area contributed by atoms with Crippen LogP contribution in [0, 0.1) is 0 Å². The van der Waals surface area contributed by atoms with Crippen molar-refractivity contribution in [1.29, 1.82) is 0 Å². The summed E-state index contributed by atoms with van der Waals surface area (Å²) in [5, 5.41) is 11.0. The number of aliphatic imine (C=N–C) groups is 1. The maximum atomic E-state index is 5.27. The molecule has 2 aromatic heterocycles. The van der Waals surface area contributed by atoms with Crippen molar-refractivity contribution >= 4 is 50.2 Å². The monoisotopic (exact) mass is 721 g/mol. The third kappa shape index (κ3) is 5.43. The van der Waals surface area contributed by atoms with E-state index in [1.54, 1.807) is 0 Å². The van der Waals surface area contributed by atoms with Crippen LogP contribution < -0.4 is 10.6 Å². The third-order valence-electron chi connectivity index (χ3n) is 11.5. The molecule has 2 atom stereocenters. The molecule has 2 unspecified atom stereocenters. The number of fused-ring (bicyclic) bond motifs is 6. The second-order valence-electron chi connectivity index (χ2n) is 14.8. The van der Waals surface area contributed by atoms with Gasteiger partial charge in [0.2, 0.25) is 0 Å². The van der Waals surface area contributed by atoms with Crippen LogP contribution in [-0.2, 0) is 6.42 Å². The highest BCUT2D eigenvalue weighted by Gasteiger charge is 2.22. The van der Waals surface area contributed by atoms with Gasteiger partial charge in [-0.15, -0.1) is 0 Å². The zero-order chi connectivity index (χ0) is 37.0. The largest absolute Gasteiger partial charge is 0.381 e. The summed E-state index contributed by atoms with van der Waals surface area (Å²) in [7, 11) is 0. The van der Waals surface area contributed by atoms with Gasteiger partial charge < -0.3 is 19.8 Å². The molecule has 1 aliphatic carbocycles. The average Bonchev–Trinajstić information content (AvgIpc) is 3.79. The number of nitrogens with zero attached hydrogens (tertiary/aromatic N) is 3. The first-order chi connectivity index (χ1) is 27.8. The Kier molecular flexibility index (Phi) is 7.69. The van der Waals surface area contributed by atoms with E-state index < -0.39 is 0 Å². The molecule has 56 heavy (non-hydrogen) atoms. The first-order valence-electron chi connectivity index (χ1n) is 19.5. The van der Waals surface area contributed by atoms with E-state index in [2.05, 4.69) is 196 Å². The van der Waals surface area contributed by atoms with Gasteiger partial charge in [0.05, 0.1) is 28.3 Å². The fraction of sp³-hybridized carbons (Fsp3) is 0.0784. The molecule has 2 N–H and O–H groups in total. The second-order valence-corrected chi connectivity index (χ2v) is 14.8. The van der Waals surface area contributed by atoms with Gasteiger partial charge in [0, 0.05) is 44.5 Å². The van der Waals surface area contributed by atoms with E-state index >= 15 is 0 Å². The highest BCUT2D eigenvalue weighted by molar-refractivity contribution is 6.13. The molecule has 0 bridgehead atoms. The fourth-order valence-corrected chi connectivity index (χ4v) is 8.83. The molecule has 5 nitrogen and oxygen atoms in total. The van der Waals surface area contributed by atoms with E-state index in [0.29, 0.717) is 0 Å². The Labute approximate surface area is 326 Å². The fourth-order valence-electron chi connectivity index (χ4n) is 8.83. The molecule has 0 amide bonds. The predicted octanol–water partition coefficient (Wildman–Crippen LogP) is 11.5. The molecular formula is C51H39N5. The van der Waals surface area contributed by atoms with E-state index in [4.69, 9.17) is 4.99 Å². The van der Waals surface area contributed by atoms with Crippen LogP contribution in [0.2, 0.25) is 0 Å². The van der Waals surface area contributed by atoms with Crippen LogP contribution in [0.1, 0.15) is 52.1 Å². The van der Waals surface area contributed by atoms with Gasteiger partial charge in [-0.3, -0.25) is 4.99 Å². The standard InChI is InChI=1S/C51H39N5/c1-2-13-35(14-3-1)51-53-45(33-46(54-51)37-16-12-15-36(31-37)44-20-10-11-30-52-44)34-24-26-38(27-25-34)55-49-23-9-6-19-42(49)43-32-39(28-29-50(43)55)56-47-21-7-4-17-40(47)41-18-5-8-22-48(41)56/h1-7,9-21,23-33,44,51-52,54H,8,22H2. The van der Waals surface area contributed by atoms with Crippen LogP contribution >= 0.6 is 0 Å². The summed E-state index contributed by atoms with van der Waals surface area (Å²) in [5.74, 6) is 0. The second kappa shape index (κ2) is 13.3. The van der Waals surface area contributed by atoms with Crippen molar-refractivity contribution in [2.75, 3.05) is 0 Å². The van der Waals surface area contributed by atoms with Crippen LogP contribution in [0.25, 0.3) is 55.9 Å². The average molecular weight is 722 g/mol. The van der Waals surface area contributed by atoms with E-state index in [1.807, 2.05) is 12.3 Å². The van der Waals surface area contributed by atoms with Gasteiger partial charge in [-0.25, -0.2) is 0 Å². The number of nitrogens with one attached hydrogen (secondary N) is 2. The molecule has 268 valence electrons. The molecular weight excluding hydrogens is 683 g/mol. The number of aromatic nitrogens is 2. The summed E-state index contributed by atoms with van der Waals surface area (Å²) in [4.78, 5) is 5.27. The van der Waals surface area contributed by atoms with Crippen LogP contribution in [0.15, 0.2) is 187 Å². The normalized spacial score (nSPS) is 17.4. The summed E-state index contributed by atoms with van der Waals surface area (Å²) >= 11 is 0. The zero-order valence-corrected chi connectivity index (χ0v) is 30.8. The molecule has 0 fully saturated rings. The number of hydrogen-bond acceptors (Lipinski definition) is 3. The van der Waals surface area contributed by atoms with E-state index in [9.17, 15) is 0 Å². The van der Waals surface area contributed by atoms with Gasteiger partial charge in [-0.2, -0.15) is 0 Å². The minimum Gasteiger partial charge on any atom is -0.381 e. The smallest absolute Gasteiger partial charge is 0.145 e.